The van der Waals surface area contributed by atoms with Crippen molar-refractivity contribution < 1.29 is 14.6 Å². The Morgan fingerprint density at radius 1 is 1.21 bits per heavy atom. The van der Waals surface area contributed by atoms with E-state index in [1.54, 1.807) is 7.11 Å². The lowest BCUT2D eigenvalue weighted by atomic mass is 9.81. The van der Waals surface area contributed by atoms with Crippen molar-refractivity contribution in [2.24, 2.45) is 11.8 Å². The van der Waals surface area contributed by atoms with E-state index in [1.165, 1.54) is 43.7 Å². The van der Waals surface area contributed by atoms with E-state index < -0.39 is 5.97 Å². The van der Waals surface area contributed by atoms with Gasteiger partial charge in [-0.2, -0.15) is 0 Å². The van der Waals surface area contributed by atoms with Gasteiger partial charge < -0.3 is 14.7 Å². The third-order valence-electron chi connectivity index (χ3n) is 7.01. The molecule has 33 heavy (non-hydrogen) atoms. The lowest BCUT2D eigenvalue weighted by Gasteiger charge is -2.37. The highest BCUT2D eigenvalue weighted by Gasteiger charge is 2.27. The van der Waals surface area contributed by atoms with Crippen molar-refractivity contribution in [1.29, 1.82) is 0 Å². The summed E-state index contributed by atoms with van der Waals surface area (Å²) in [5.41, 5.74) is 2.31. The van der Waals surface area contributed by atoms with Crippen molar-refractivity contribution in [3.63, 3.8) is 0 Å². The fourth-order valence-corrected chi connectivity index (χ4v) is 5.11. The third kappa shape index (κ3) is 7.85. The van der Waals surface area contributed by atoms with Gasteiger partial charge in [-0.3, -0.25) is 4.98 Å². The van der Waals surface area contributed by atoms with Gasteiger partial charge in [0, 0.05) is 24.2 Å². The number of benzene rings is 1. The number of carboxylic acid groups (broad SMARTS) is 1. The highest BCUT2D eigenvalue weighted by Crippen LogP contribution is 2.31. The first-order valence-corrected chi connectivity index (χ1v) is 12.7. The maximum absolute atomic E-state index is 11.2. The number of aryl methyl sites for hydroxylation is 1. The van der Waals surface area contributed by atoms with Crippen LogP contribution in [-0.2, 0) is 11.2 Å². The Hall–Kier alpha value is -2.40. The zero-order chi connectivity index (χ0) is 23.5. The minimum atomic E-state index is -0.845. The van der Waals surface area contributed by atoms with Crippen LogP contribution in [0.4, 0.5) is 0 Å². The molecule has 2 heterocycles. The first-order valence-electron chi connectivity index (χ1n) is 12.7. The van der Waals surface area contributed by atoms with Gasteiger partial charge in [-0.05, 0) is 86.9 Å². The molecule has 1 N–H and O–H groups in total. The predicted molar refractivity (Wildman–Crippen MR) is 135 cm³/mol. The number of fused-ring (bicyclic) bond motifs is 1. The number of rotatable bonds is 13. The quantitative estimate of drug-likeness (QED) is 0.293. The van der Waals surface area contributed by atoms with E-state index in [4.69, 9.17) is 4.74 Å². The van der Waals surface area contributed by atoms with Gasteiger partial charge >= 0.3 is 5.97 Å². The number of pyridine rings is 1. The number of ether oxygens (including phenoxy) is 1. The molecule has 0 amide bonds. The lowest BCUT2D eigenvalue weighted by Crippen LogP contribution is -2.40. The summed E-state index contributed by atoms with van der Waals surface area (Å²) in [6.45, 7) is 5.50. The number of methoxy groups -OCH3 is 1. The normalized spacial score (nSPS) is 19.3. The van der Waals surface area contributed by atoms with Crippen LogP contribution in [0.1, 0.15) is 63.9 Å². The molecule has 1 saturated heterocycles. The van der Waals surface area contributed by atoms with Crippen molar-refractivity contribution in [2.75, 3.05) is 26.7 Å². The van der Waals surface area contributed by atoms with E-state index in [0.29, 0.717) is 11.8 Å². The van der Waals surface area contributed by atoms with Gasteiger partial charge in [-0.1, -0.05) is 38.7 Å². The zero-order valence-corrected chi connectivity index (χ0v) is 20.3. The van der Waals surface area contributed by atoms with Gasteiger partial charge in [0.15, 0.2) is 0 Å². The fourth-order valence-electron chi connectivity index (χ4n) is 5.11. The Bertz CT molecular complexity index is 911. The van der Waals surface area contributed by atoms with Crippen LogP contribution in [0.15, 0.2) is 42.6 Å². The summed E-state index contributed by atoms with van der Waals surface area (Å²) in [7, 11) is 1.69. The first kappa shape index (κ1) is 25.2. The summed E-state index contributed by atoms with van der Waals surface area (Å²) in [6, 6.07) is 8.16. The largest absolute Gasteiger partial charge is 0.497 e. The van der Waals surface area contributed by atoms with Gasteiger partial charge in [0.1, 0.15) is 5.75 Å². The minimum absolute atomic E-state index is 0.319. The Labute approximate surface area is 198 Å². The van der Waals surface area contributed by atoms with Crippen LogP contribution < -0.4 is 4.74 Å². The Kier molecular flexibility index (Phi) is 10.2. The molecule has 1 fully saturated rings. The molecule has 1 aliphatic heterocycles. The van der Waals surface area contributed by atoms with Crippen LogP contribution in [-0.4, -0.2) is 47.7 Å². The van der Waals surface area contributed by atoms with E-state index in [9.17, 15) is 9.90 Å². The van der Waals surface area contributed by atoms with Gasteiger partial charge in [-0.15, -0.1) is 0 Å². The van der Waals surface area contributed by atoms with Gasteiger partial charge in [0.2, 0.25) is 0 Å². The smallest absolute Gasteiger partial charge is 0.327 e. The molecular formula is C28H40N2O3. The molecule has 0 radical (unpaired) electrons. The van der Waals surface area contributed by atoms with Crippen molar-refractivity contribution in [2.45, 2.75) is 64.7 Å². The highest BCUT2D eigenvalue weighted by molar-refractivity contribution is 5.83. The molecule has 0 aliphatic carbocycles. The monoisotopic (exact) mass is 452 g/mol. The summed E-state index contributed by atoms with van der Waals surface area (Å²) in [5.74, 6) is 0.875. The number of nitrogens with zero attached hydrogens (tertiary/aromatic N) is 2. The average Bonchev–Trinajstić information content (AvgIpc) is 2.83. The molecule has 1 aliphatic rings. The van der Waals surface area contributed by atoms with Gasteiger partial charge in [0.05, 0.1) is 12.6 Å². The molecule has 1 aromatic heterocycles. The van der Waals surface area contributed by atoms with E-state index in [1.807, 2.05) is 24.4 Å². The van der Waals surface area contributed by atoms with Crippen molar-refractivity contribution in [3.05, 3.63) is 48.2 Å². The standard InChI is InChI=1S/C28H40N2O3/c1-3-4-5-6-7-18-30-19-16-22(24(21-30)11-14-28(31)32)9-8-10-23-15-17-29-27-13-12-25(33-2)20-26(23)27/h11-15,17,20,22,24H,3-10,16,18-19,21H2,1-2H3,(H,31,32)/b14-11+/t22-,24+/m1/s1. The zero-order valence-electron chi connectivity index (χ0n) is 20.3. The van der Waals surface area contributed by atoms with Gasteiger partial charge in [-0.25, -0.2) is 4.79 Å². The maximum Gasteiger partial charge on any atom is 0.327 e. The number of carboxylic acids is 1. The number of carbonyl (C=O) groups is 1. The summed E-state index contributed by atoms with van der Waals surface area (Å²) in [5, 5.41) is 10.3. The second-order valence-electron chi connectivity index (χ2n) is 9.37. The number of hydrogen-bond acceptors (Lipinski definition) is 4. The summed E-state index contributed by atoms with van der Waals surface area (Å²) < 4.78 is 5.41. The summed E-state index contributed by atoms with van der Waals surface area (Å²) in [4.78, 5) is 18.2. The van der Waals surface area contributed by atoms with Crippen molar-refractivity contribution in [1.82, 2.24) is 9.88 Å². The van der Waals surface area contributed by atoms with Crippen LogP contribution in [0.5, 0.6) is 5.75 Å². The lowest BCUT2D eigenvalue weighted by molar-refractivity contribution is -0.131. The van der Waals surface area contributed by atoms with Crippen LogP contribution in [0.2, 0.25) is 0 Å². The van der Waals surface area contributed by atoms with E-state index >= 15 is 0 Å². The molecule has 3 rings (SSSR count). The molecule has 0 bridgehead atoms. The molecule has 180 valence electrons. The molecule has 2 aromatic rings. The fraction of sp³-hybridized carbons (Fsp3) is 0.571. The van der Waals surface area contributed by atoms with E-state index in [0.717, 1.165) is 62.0 Å². The topological polar surface area (TPSA) is 62.7 Å². The Morgan fingerprint density at radius 3 is 2.85 bits per heavy atom. The van der Waals surface area contributed by atoms with Crippen LogP contribution >= 0.6 is 0 Å². The summed E-state index contributed by atoms with van der Waals surface area (Å²) >= 11 is 0. The SMILES string of the molecule is CCCCCCCN1CC[C@@H](CCCc2ccnc3ccc(OC)cc23)[C@@H](/C=C/C(=O)O)C1. The highest BCUT2D eigenvalue weighted by atomic mass is 16.5. The second kappa shape index (κ2) is 13.3. The van der Waals surface area contributed by atoms with Crippen LogP contribution in [0.25, 0.3) is 10.9 Å². The maximum atomic E-state index is 11.2. The van der Waals surface area contributed by atoms with Gasteiger partial charge in [0.25, 0.3) is 0 Å². The minimum Gasteiger partial charge on any atom is -0.497 e. The average molecular weight is 453 g/mol. The number of unbranched alkanes of at least 4 members (excludes halogenated alkanes) is 4. The molecule has 5 nitrogen and oxygen atoms in total. The summed E-state index contributed by atoms with van der Waals surface area (Å²) in [6.07, 6.45) is 16.0. The second-order valence-corrected chi connectivity index (χ2v) is 9.37. The molecule has 0 unspecified atom stereocenters. The predicted octanol–water partition coefficient (Wildman–Crippen LogP) is 6.12. The molecule has 1 aromatic carbocycles. The van der Waals surface area contributed by atoms with Crippen LogP contribution in [0, 0.1) is 11.8 Å². The molecular weight excluding hydrogens is 412 g/mol. The third-order valence-corrected chi connectivity index (χ3v) is 7.01. The Morgan fingerprint density at radius 2 is 2.06 bits per heavy atom. The number of likely N-dealkylation sites (tertiary alicyclic amines) is 1. The number of piperidine rings is 1. The van der Waals surface area contributed by atoms with Crippen LogP contribution in [0.3, 0.4) is 0 Å². The van der Waals surface area contributed by atoms with Crippen molar-refractivity contribution >= 4 is 16.9 Å². The molecule has 5 heteroatoms. The molecule has 0 spiro atoms. The van der Waals surface area contributed by atoms with E-state index in [-0.39, 0.29) is 0 Å². The Balaban J connectivity index is 1.56. The molecule has 0 saturated carbocycles. The first-order chi connectivity index (χ1) is 16.1. The van der Waals surface area contributed by atoms with E-state index in [2.05, 4.69) is 28.9 Å². The number of aliphatic carboxylic acids is 1. The van der Waals surface area contributed by atoms with Crippen molar-refractivity contribution in [3.8, 4) is 5.75 Å². The number of hydrogen-bond donors (Lipinski definition) is 1. The molecule has 2 atom stereocenters. The number of aromatic nitrogens is 1.